The van der Waals surface area contributed by atoms with Crippen LogP contribution in [0.4, 0.5) is 0 Å². The molecule has 3 aromatic rings. The Labute approximate surface area is 233 Å². The quantitative estimate of drug-likeness (QED) is 0.252. The zero-order valence-electron chi connectivity index (χ0n) is 22.3. The van der Waals surface area contributed by atoms with Crippen LogP contribution in [0, 0.1) is 11.3 Å². The van der Waals surface area contributed by atoms with Crippen LogP contribution in [0.15, 0.2) is 53.6 Å². The van der Waals surface area contributed by atoms with Gasteiger partial charge in [0, 0.05) is 37.6 Å². The Hall–Kier alpha value is -3.24. The molecule has 0 bridgehead atoms. The molecule has 0 atom stereocenters. The first-order valence-corrected chi connectivity index (χ1v) is 13.3. The molecule has 0 radical (unpaired) electrons. The number of aromatic nitrogens is 2. The largest absolute Gasteiger partial charge is 0.496 e. The Kier molecular flexibility index (Phi) is 13.7. The molecule has 11 heteroatoms. The number of hydrogen-bond acceptors (Lipinski definition) is 9. The number of nitrogens with zero attached hydrogens (tertiary/aromatic N) is 3. The van der Waals surface area contributed by atoms with E-state index in [1.165, 1.54) is 0 Å². The van der Waals surface area contributed by atoms with Gasteiger partial charge < -0.3 is 30.5 Å². The monoisotopic (exact) mass is 555 g/mol. The average molecular weight is 556 g/mol. The second-order valence-corrected chi connectivity index (χ2v) is 9.66. The van der Waals surface area contributed by atoms with Crippen LogP contribution in [0.3, 0.4) is 0 Å². The first-order chi connectivity index (χ1) is 18.2. The summed E-state index contributed by atoms with van der Waals surface area (Å²) in [4.78, 5) is 10.3. The fourth-order valence-corrected chi connectivity index (χ4v) is 4.83. The van der Waals surface area contributed by atoms with E-state index in [9.17, 15) is 5.26 Å². The van der Waals surface area contributed by atoms with Gasteiger partial charge in [-0.05, 0) is 73.9 Å². The third kappa shape index (κ3) is 9.18. The molecule has 1 aromatic heterocycles. The van der Waals surface area contributed by atoms with Crippen LogP contribution in [-0.4, -0.2) is 67.5 Å². The summed E-state index contributed by atoms with van der Waals surface area (Å²) in [5.74, 6) is 2.12. The minimum Gasteiger partial charge on any atom is -0.496 e. The fraction of sp³-hybridized carbons (Fsp3) is 0.393. The summed E-state index contributed by atoms with van der Waals surface area (Å²) >= 11 is 1.58. The molecule has 1 saturated heterocycles. The molecule has 2 aromatic carbocycles. The van der Waals surface area contributed by atoms with E-state index >= 15 is 0 Å². The molecule has 0 unspecified atom stereocenters. The van der Waals surface area contributed by atoms with Crippen LogP contribution in [0.25, 0.3) is 11.3 Å². The molecule has 1 fully saturated rings. The van der Waals surface area contributed by atoms with Crippen molar-refractivity contribution in [2.75, 3.05) is 40.5 Å². The van der Waals surface area contributed by atoms with Crippen molar-refractivity contribution in [3.8, 4) is 28.8 Å². The molecule has 0 spiro atoms. The highest BCUT2D eigenvalue weighted by Crippen LogP contribution is 2.30. The van der Waals surface area contributed by atoms with E-state index in [1.807, 2.05) is 37.4 Å². The van der Waals surface area contributed by atoms with Crippen LogP contribution in [0.2, 0.25) is 0 Å². The molecule has 4 rings (SSSR count). The SMILES string of the molecule is CNCCCNSc1ccc(Cc2nccc(-c3ccc(OC4CCOCC4)c(C#N)c3)n2)cc1OC.O.O. The minimum atomic E-state index is 0. The lowest BCUT2D eigenvalue weighted by molar-refractivity contribution is 0.0254. The standard InChI is InChI=1S/C28H33N5O3S.2H2O/c1-30-11-3-12-32-37-27-7-4-20(16-26(27)34-2)17-28-31-13-8-24(33-28)21-5-6-25(22(18-21)19-29)36-23-9-14-35-15-10-23;;/h4-8,13,16,18,23,30,32H,3,9-12,14-15,17H2,1-2H3;2*1H2. The maximum Gasteiger partial charge on any atom is 0.137 e. The lowest BCUT2D eigenvalue weighted by Crippen LogP contribution is -2.26. The Bertz CT molecular complexity index is 1220. The molecule has 0 aliphatic carbocycles. The van der Waals surface area contributed by atoms with Gasteiger partial charge in [-0.25, -0.2) is 9.97 Å². The topological polar surface area (TPSA) is 164 Å². The summed E-state index contributed by atoms with van der Waals surface area (Å²) in [5, 5.41) is 12.9. The van der Waals surface area contributed by atoms with Crippen LogP contribution < -0.4 is 19.5 Å². The molecular weight excluding hydrogens is 518 g/mol. The number of nitriles is 1. The van der Waals surface area contributed by atoms with Gasteiger partial charge in [0.05, 0.1) is 36.5 Å². The number of methoxy groups -OCH3 is 1. The lowest BCUT2D eigenvalue weighted by Gasteiger charge is -2.23. The highest BCUT2D eigenvalue weighted by molar-refractivity contribution is 7.97. The summed E-state index contributed by atoms with van der Waals surface area (Å²) in [6, 6.07) is 15.9. The molecule has 0 saturated carbocycles. The summed E-state index contributed by atoms with van der Waals surface area (Å²) in [6.07, 6.45) is 5.12. The third-order valence-corrected chi connectivity index (χ3v) is 6.95. The van der Waals surface area contributed by atoms with Crippen molar-refractivity contribution in [2.45, 2.75) is 36.7 Å². The zero-order valence-corrected chi connectivity index (χ0v) is 23.1. The maximum atomic E-state index is 9.72. The molecule has 1 aliphatic rings. The Morgan fingerprint density at radius 2 is 1.90 bits per heavy atom. The molecule has 6 N–H and O–H groups in total. The highest BCUT2D eigenvalue weighted by atomic mass is 32.2. The Morgan fingerprint density at radius 3 is 2.64 bits per heavy atom. The Balaban J connectivity index is 0.00000267. The second kappa shape index (κ2) is 16.7. The average Bonchev–Trinajstić information content (AvgIpc) is 2.94. The van der Waals surface area contributed by atoms with Gasteiger partial charge in [0.15, 0.2) is 0 Å². The van der Waals surface area contributed by atoms with E-state index < -0.39 is 0 Å². The fourth-order valence-electron chi connectivity index (χ4n) is 4.05. The van der Waals surface area contributed by atoms with Gasteiger partial charge in [-0.1, -0.05) is 6.07 Å². The summed E-state index contributed by atoms with van der Waals surface area (Å²) in [5.41, 5.74) is 3.19. The predicted octanol–water partition coefficient (Wildman–Crippen LogP) is 2.73. The number of nitrogens with one attached hydrogen (secondary N) is 2. The van der Waals surface area contributed by atoms with E-state index in [0.717, 1.165) is 59.8 Å². The Morgan fingerprint density at radius 1 is 1.08 bits per heavy atom. The van der Waals surface area contributed by atoms with Gasteiger partial charge in [0.1, 0.15) is 29.5 Å². The molecule has 10 nitrogen and oxygen atoms in total. The van der Waals surface area contributed by atoms with Crippen LogP contribution in [0.1, 0.15) is 36.2 Å². The van der Waals surface area contributed by atoms with E-state index in [-0.39, 0.29) is 17.1 Å². The smallest absolute Gasteiger partial charge is 0.137 e. The zero-order chi connectivity index (χ0) is 25.9. The van der Waals surface area contributed by atoms with E-state index in [4.69, 9.17) is 19.2 Å². The van der Waals surface area contributed by atoms with E-state index in [1.54, 1.807) is 25.3 Å². The van der Waals surface area contributed by atoms with Crippen LogP contribution >= 0.6 is 11.9 Å². The van der Waals surface area contributed by atoms with E-state index in [0.29, 0.717) is 36.8 Å². The number of ether oxygens (including phenoxy) is 3. The van der Waals surface area contributed by atoms with Gasteiger partial charge in [0.2, 0.25) is 0 Å². The van der Waals surface area contributed by atoms with Gasteiger partial charge in [0.25, 0.3) is 0 Å². The number of hydrogen-bond donors (Lipinski definition) is 2. The normalized spacial score (nSPS) is 13.1. The molecule has 0 amide bonds. The van der Waals surface area contributed by atoms with Crippen LogP contribution in [-0.2, 0) is 11.2 Å². The number of rotatable bonds is 12. The highest BCUT2D eigenvalue weighted by Gasteiger charge is 2.18. The second-order valence-electron chi connectivity index (χ2n) is 8.73. The van der Waals surface area contributed by atoms with Crippen molar-refractivity contribution in [2.24, 2.45) is 0 Å². The predicted molar refractivity (Wildman–Crippen MR) is 152 cm³/mol. The molecule has 2 heterocycles. The maximum absolute atomic E-state index is 9.72. The summed E-state index contributed by atoms with van der Waals surface area (Å²) in [7, 11) is 3.64. The van der Waals surface area contributed by atoms with Gasteiger partial charge in [-0.2, -0.15) is 5.26 Å². The van der Waals surface area contributed by atoms with Crippen molar-refractivity contribution in [1.29, 1.82) is 5.26 Å². The minimum absolute atomic E-state index is 0. The van der Waals surface area contributed by atoms with Gasteiger partial charge >= 0.3 is 0 Å². The molecular formula is C28H37N5O5S. The van der Waals surface area contributed by atoms with Crippen molar-refractivity contribution < 1.29 is 25.2 Å². The molecule has 39 heavy (non-hydrogen) atoms. The van der Waals surface area contributed by atoms with E-state index in [2.05, 4.69) is 33.2 Å². The lowest BCUT2D eigenvalue weighted by atomic mass is 10.1. The van der Waals surface area contributed by atoms with Crippen molar-refractivity contribution in [3.63, 3.8) is 0 Å². The van der Waals surface area contributed by atoms with Gasteiger partial charge in [-0.3, -0.25) is 4.72 Å². The molecule has 1 aliphatic heterocycles. The summed E-state index contributed by atoms with van der Waals surface area (Å²) < 4.78 is 20.5. The molecule has 210 valence electrons. The number of benzene rings is 2. The third-order valence-electron chi connectivity index (χ3n) is 6.04. The van der Waals surface area contributed by atoms with Crippen molar-refractivity contribution in [1.82, 2.24) is 20.0 Å². The van der Waals surface area contributed by atoms with Crippen molar-refractivity contribution in [3.05, 3.63) is 65.6 Å². The van der Waals surface area contributed by atoms with Gasteiger partial charge in [-0.15, -0.1) is 0 Å². The van der Waals surface area contributed by atoms with Crippen molar-refractivity contribution >= 4 is 11.9 Å². The first-order valence-electron chi connectivity index (χ1n) is 12.5. The first kappa shape index (κ1) is 32.0. The summed E-state index contributed by atoms with van der Waals surface area (Å²) in [6.45, 7) is 3.27. The van der Waals surface area contributed by atoms with Crippen LogP contribution in [0.5, 0.6) is 11.5 Å².